The summed E-state index contributed by atoms with van der Waals surface area (Å²) in [5, 5.41) is 40.8. The Morgan fingerprint density at radius 3 is 0.935 bits per heavy atom. The molecule has 4 rings (SSSR count). The Labute approximate surface area is 268 Å². The number of pyridine rings is 2. The van der Waals surface area contributed by atoms with Crippen molar-refractivity contribution in [3.05, 3.63) is 105 Å². The summed E-state index contributed by atoms with van der Waals surface area (Å²) in [5.74, 6) is -5.32. The molecule has 23 nitrogen and oxygen atoms in total. The molecule has 0 unspecified atom stereocenters. The minimum absolute atomic E-state index is 0. The van der Waals surface area contributed by atoms with Crippen molar-refractivity contribution in [3.8, 4) is 0 Å². The number of nitrogens with zero attached hydrogens (tertiary/aromatic N) is 2. The van der Waals surface area contributed by atoms with Crippen molar-refractivity contribution in [2.45, 2.75) is 0 Å². The number of rotatable bonds is 4. The molecule has 0 amide bonds. The molecule has 0 aliphatic heterocycles. The van der Waals surface area contributed by atoms with Crippen LogP contribution in [-0.4, -0.2) is 71.2 Å². The smallest absolute Gasteiger partial charge is 0.543 e. The van der Waals surface area contributed by atoms with E-state index in [1.165, 1.54) is 24.5 Å². The molecule has 0 saturated heterocycles. The fourth-order valence-corrected chi connectivity index (χ4v) is 2.16. The van der Waals surface area contributed by atoms with Gasteiger partial charge in [-0.05, 0) is 24.3 Å². The Balaban J connectivity index is -0.000000113. The number of hydrogen-bond donors (Lipinski definition) is 4. The summed E-state index contributed by atoms with van der Waals surface area (Å²) in [6.07, 6.45) is 2.96. The van der Waals surface area contributed by atoms with Gasteiger partial charge < -0.3 is 78.5 Å². The van der Waals surface area contributed by atoms with Crippen LogP contribution in [0.25, 0.3) is 0 Å². The van der Waals surface area contributed by atoms with Crippen molar-refractivity contribution < 1.29 is 96.4 Å². The van der Waals surface area contributed by atoms with Crippen LogP contribution in [0.2, 0.25) is 0 Å². The van der Waals surface area contributed by atoms with Gasteiger partial charge in [0.15, 0.2) is 11.6 Å². The number of carboxylic acids is 4. The second-order valence-corrected chi connectivity index (χ2v) is 6.74. The predicted molar refractivity (Wildman–Crippen MR) is 140 cm³/mol. The zero-order chi connectivity index (χ0) is 30.2. The molecular formula is C22H28N8O15Zn. The van der Waals surface area contributed by atoms with Gasteiger partial charge in [-0.1, -0.05) is 12.1 Å². The third kappa shape index (κ3) is 20.8. The van der Waals surface area contributed by atoms with Crippen LogP contribution < -0.4 is 53.2 Å². The molecule has 0 aliphatic rings. The van der Waals surface area contributed by atoms with Gasteiger partial charge in [0, 0.05) is 12.1 Å². The van der Waals surface area contributed by atoms with Crippen molar-refractivity contribution in [3.63, 3.8) is 0 Å². The number of carbonyl (C=O) groups excluding carboxylic acids is 4. The van der Waals surface area contributed by atoms with Gasteiger partial charge >= 0.3 is 30.9 Å². The van der Waals surface area contributed by atoms with E-state index in [-0.39, 0.29) is 58.2 Å². The van der Waals surface area contributed by atoms with Crippen molar-refractivity contribution in [2.24, 2.45) is 0 Å². The molecule has 248 valence electrons. The molecule has 0 radical (unpaired) electrons. The molecule has 0 atom stereocenters. The number of H-pyrrole nitrogens is 4. The zero-order valence-corrected chi connectivity index (χ0v) is 26.1. The van der Waals surface area contributed by atoms with Gasteiger partial charge in [0.2, 0.25) is 0 Å². The number of nitrogen functional groups attached to an aromatic ring is 2. The topological polar surface area (TPSA) is 490 Å². The molecule has 4 aromatic heterocycles. The fraction of sp³-hybridized carbons (Fsp3) is 0. The number of carboxylic acid groups (broad SMARTS) is 4. The second kappa shape index (κ2) is 26.6. The molecule has 4 aromatic rings. The van der Waals surface area contributed by atoms with E-state index in [2.05, 4.69) is 29.9 Å². The molecule has 0 spiro atoms. The summed E-state index contributed by atoms with van der Waals surface area (Å²) in [6.45, 7) is 0. The first-order valence-corrected chi connectivity index (χ1v) is 10.3. The molecule has 4 heterocycles. The Hall–Kier alpha value is -6.04. The number of anilines is 2. The molecule has 0 fully saturated rings. The number of nitrogens with one attached hydrogen (secondary N) is 4. The molecule has 0 aliphatic carbocycles. The summed E-state index contributed by atoms with van der Waals surface area (Å²) in [6, 6.07) is 10.2. The van der Waals surface area contributed by atoms with Crippen LogP contribution in [0.5, 0.6) is 0 Å². The summed E-state index contributed by atoms with van der Waals surface area (Å²) < 4.78 is 0. The largest absolute Gasteiger partial charge is 2.00 e. The van der Waals surface area contributed by atoms with Gasteiger partial charge in [-0.15, -0.1) is 0 Å². The van der Waals surface area contributed by atoms with Gasteiger partial charge in [-0.25, -0.2) is 19.9 Å². The minimum atomic E-state index is -1.52. The number of aromatic amines is 4. The van der Waals surface area contributed by atoms with Crippen LogP contribution in [0.3, 0.4) is 0 Å². The number of aromatic nitrogens is 6. The van der Waals surface area contributed by atoms with Crippen molar-refractivity contribution >= 4 is 35.5 Å². The van der Waals surface area contributed by atoms with E-state index in [9.17, 15) is 49.2 Å². The standard InChI is InChI=1S/2C7H5NO4.2C4H5N3O.5H2O.Zn/c2*9-6(10)4-2-1-3-5(8-4)7(11)12;2*5-3-1-2-6-4(8)7-3;;;;;;/h2*1-3H,(H,9,10)(H,11,12);2*1-2H,(H3,5,6,7,8);5*1H2;/q;;;;;;;;;+2/p-2. The average Bonchev–Trinajstić information content (AvgIpc) is 2.89. The van der Waals surface area contributed by atoms with Crippen molar-refractivity contribution in [1.82, 2.24) is 19.9 Å². The van der Waals surface area contributed by atoms with Crippen molar-refractivity contribution in [1.29, 1.82) is 0 Å². The summed E-state index contributed by atoms with van der Waals surface area (Å²) in [7, 11) is 0. The first-order valence-electron chi connectivity index (χ1n) is 10.3. The van der Waals surface area contributed by atoms with Crippen LogP contribution >= 0.6 is 0 Å². The zero-order valence-electron chi connectivity index (χ0n) is 23.1. The summed E-state index contributed by atoms with van der Waals surface area (Å²) in [4.78, 5) is 77.3. The van der Waals surface area contributed by atoms with Crippen LogP contribution in [0.1, 0.15) is 42.0 Å². The normalized spacial score (nSPS) is 8.00. The minimum Gasteiger partial charge on any atom is -0.543 e. The Morgan fingerprint density at radius 1 is 0.543 bits per heavy atom. The summed E-state index contributed by atoms with van der Waals surface area (Å²) in [5.41, 5.74) is 8.11. The number of nitrogens with two attached hydrogens (primary N) is 2. The third-order valence-electron chi connectivity index (χ3n) is 3.81. The molecule has 0 aromatic carbocycles. The SMILES string of the molecule is Nc1cc[nH+]c(=O)[nH]1.Nc1cc[nH+]c(=O)[nH]1.O.O.O.O.O.O=C([O-])c1cccc(C(=O)[O-])n1.O=C([O-])c1cccc(C(=O)[O-])n1.[Zn+2]. The maximum atomic E-state index is 10.3. The van der Waals surface area contributed by atoms with Crippen LogP contribution in [-0.2, 0) is 19.5 Å². The second-order valence-electron chi connectivity index (χ2n) is 6.74. The van der Waals surface area contributed by atoms with Crippen molar-refractivity contribution in [2.75, 3.05) is 11.5 Å². The molecule has 18 N–H and O–H groups in total. The van der Waals surface area contributed by atoms with Crippen LogP contribution in [0.4, 0.5) is 11.6 Å². The van der Waals surface area contributed by atoms with E-state index < -0.39 is 46.7 Å². The number of aromatic carboxylic acids is 4. The number of hydrogen-bond acceptors (Lipinski definition) is 14. The first-order chi connectivity index (χ1) is 18.8. The fourth-order valence-electron chi connectivity index (χ4n) is 2.16. The third-order valence-corrected chi connectivity index (χ3v) is 3.81. The molecular weight excluding hydrogens is 682 g/mol. The molecule has 46 heavy (non-hydrogen) atoms. The van der Waals surface area contributed by atoms with E-state index in [1.807, 2.05) is 0 Å². The Morgan fingerprint density at radius 2 is 0.783 bits per heavy atom. The van der Waals surface area contributed by atoms with Gasteiger partial charge in [0.25, 0.3) is 0 Å². The van der Waals surface area contributed by atoms with Gasteiger partial charge in [0.1, 0.15) is 0 Å². The quantitative estimate of drug-likeness (QED) is 0.143. The molecule has 0 bridgehead atoms. The van der Waals surface area contributed by atoms with E-state index in [1.54, 1.807) is 12.1 Å². The Bertz CT molecular complexity index is 1440. The average molecular weight is 710 g/mol. The van der Waals surface area contributed by atoms with E-state index in [0.29, 0.717) is 11.6 Å². The van der Waals surface area contributed by atoms with Gasteiger partial charge in [-0.3, -0.25) is 0 Å². The molecule has 24 heteroatoms. The molecule has 0 saturated carbocycles. The van der Waals surface area contributed by atoms with Gasteiger partial charge in [-0.2, -0.15) is 19.6 Å². The van der Waals surface area contributed by atoms with E-state index in [0.717, 1.165) is 24.3 Å². The van der Waals surface area contributed by atoms with E-state index in [4.69, 9.17) is 11.5 Å². The number of carbonyl (C=O) groups is 4. The first kappa shape index (κ1) is 52.6. The van der Waals surface area contributed by atoms with Crippen LogP contribution in [0.15, 0.2) is 70.5 Å². The predicted octanol–water partition coefficient (Wildman–Crippen LogP) is -11.0. The maximum Gasteiger partial charge on any atom is 2.00 e. The van der Waals surface area contributed by atoms with Gasteiger partial charge in [0.05, 0.1) is 59.0 Å². The van der Waals surface area contributed by atoms with E-state index >= 15 is 0 Å². The maximum absolute atomic E-state index is 10.3. The Kier molecular flexibility index (Phi) is 30.4. The van der Waals surface area contributed by atoms with Crippen LogP contribution in [0, 0.1) is 0 Å². The monoisotopic (exact) mass is 708 g/mol. The summed E-state index contributed by atoms with van der Waals surface area (Å²) >= 11 is 0.